The van der Waals surface area contributed by atoms with E-state index < -0.39 is 32.4 Å². The Morgan fingerprint density at radius 2 is 1.28 bits per heavy atom. The van der Waals surface area contributed by atoms with Crippen molar-refractivity contribution in [3.8, 4) is 0 Å². The van der Waals surface area contributed by atoms with Crippen molar-refractivity contribution in [2.75, 3.05) is 25.6 Å². The average molecular weight is 695 g/mol. The van der Waals surface area contributed by atoms with Gasteiger partial charge in [0.25, 0.3) is 5.97 Å². The highest BCUT2D eigenvalue weighted by atomic mass is 32.2. The third-order valence-corrected chi connectivity index (χ3v) is 22.7. The van der Waals surface area contributed by atoms with Gasteiger partial charge >= 0.3 is 0 Å². The number of fused-ring (bicyclic) bond motifs is 3. The summed E-state index contributed by atoms with van der Waals surface area (Å²) < 4.78 is 60.2. The largest absolute Gasteiger partial charge is 0.414 e. The molecule has 1 aromatic carbocycles. The van der Waals surface area contributed by atoms with Crippen LogP contribution in [-0.4, -0.2) is 68.8 Å². The summed E-state index contributed by atoms with van der Waals surface area (Å²) in [6.07, 6.45) is 8.44. The fourth-order valence-corrected chi connectivity index (χ4v) is 15.3. The summed E-state index contributed by atoms with van der Waals surface area (Å²) in [6.45, 7) is 17.7. The Morgan fingerprint density at radius 1 is 0.783 bits per heavy atom. The Balaban J connectivity index is 1.56. The predicted molar refractivity (Wildman–Crippen MR) is 191 cm³/mol. The zero-order valence-electron chi connectivity index (χ0n) is 29.7. The molecule has 4 aliphatic rings. The first-order chi connectivity index (χ1) is 22.0. The number of sulfone groups is 1. The average Bonchev–Trinajstić information content (AvgIpc) is 3.38. The Labute approximate surface area is 282 Å². The van der Waals surface area contributed by atoms with Gasteiger partial charge in [0.15, 0.2) is 26.5 Å². The summed E-state index contributed by atoms with van der Waals surface area (Å²) in [5.74, 6) is -0.841. The Hall–Kier alpha value is -0.856. The molecule has 3 saturated heterocycles. The minimum absolute atomic E-state index is 0.00212. The van der Waals surface area contributed by atoms with Gasteiger partial charge < -0.3 is 23.1 Å². The molecule has 10 heteroatoms. The Bertz CT molecular complexity index is 1170. The molecule has 7 nitrogen and oxygen atoms in total. The zero-order valence-corrected chi connectivity index (χ0v) is 32.5. The molecule has 5 rings (SSSR count). The molecule has 0 unspecified atom stereocenters. The highest BCUT2D eigenvalue weighted by molar-refractivity contribution is 7.91. The summed E-state index contributed by atoms with van der Waals surface area (Å²) in [6, 6.07) is 15.3. The monoisotopic (exact) mass is 694 g/mol. The normalized spacial score (nSPS) is 30.4. The Kier molecular flexibility index (Phi) is 13.4. The van der Waals surface area contributed by atoms with Crippen LogP contribution in [-0.2, 0) is 32.9 Å². The number of rotatable bonds is 19. The van der Waals surface area contributed by atoms with E-state index in [1.54, 1.807) is 12.1 Å². The van der Waals surface area contributed by atoms with Crippen molar-refractivity contribution in [3.05, 3.63) is 42.5 Å². The minimum Gasteiger partial charge on any atom is -0.414 e. The molecule has 1 aliphatic carbocycles. The van der Waals surface area contributed by atoms with Crippen LogP contribution in [0.4, 0.5) is 0 Å². The number of unbranched alkanes of at least 4 members (excludes halogenated alkanes) is 1. The fourth-order valence-electron chi connectivity index (χ4n) is 7.70. The molecule has 0 N–H and O–H groups in total. The van der Waals surface area contributed by atoms with Crippen molar-refractivity contribution < 1.29 is 31.5 Å². The lowest BCUT2D eigenvalue weighted by Crippen LogP contribution is -2.58. The van der Waals surface area contributed by atoms with Crippen LogP contribution in [0.2, 0.25) is 36.3 Å². The van der Waals surface area contributed by atoms with E-state index in [4.69, 9.17) is 23.1 Å². The van der Waals surface area contributed by atoms with E-state index in [0.717, 1.165) is 61.9 Å². The number of allylic oxidation sites excluding steroid dienone is 2. The smallest absolute Gasteiger partial charge is 0.282 e. The molecular weight excluding hydrogens is 633 g/mol. The maximum Gasteiger partial charge on any atom is 0.282 e. The third kappa shape index (κ3) is 8.83. The van der Waals surface area contributed by atoms with Crippen molar-refractivity contribution in [2.24, 2.45) is 17.3 Å². The second-order valence-electron chi connectivity index (χ2n) is 14.4. The van der Waals surface area contributed by atoms with Crippen LogP contribution in [0.15, 0.2) is 47.4 Å². The van der Waals surface area contributed by atoms with Gasteiger partial charge in [-0.25, -0.2) is 8.42 Å². The maximum atomic E-state index is 13.9. The summed E-state index contributed by atoms with van der Waals surface area (Å²) in [7, 11) is -7.44. The number of benzene rings is 1. The molecule has 1 saturated carbocycles. The molecule has 46 heavy (non-hydrogen) atoms. The van der Waals surface area contributed by atoms with Crippen LogP contribution in [0, 0.1) is 17.3 Å². The van der Waals surface area contributed by atoms with Crippen molar-refractivity contribution >= 4 is 26.5 Å². The number of hydrogen-bond donors (Lipinski definition) is 0. The molecule has 262 valence electrons. The molecule has 4 atom stereocenters. The first kappa shape index (κ1) is 38.0. The van der Waals surface area contributed by atoms with Crippen molar-refractivity contribution in [2.45, 2.75) is 140 Å². The van der Waals surface area contributed by atoms with Gasteiger partial charge in [-0.3, -0.25) is 0 Å². The second-order valence-corrected chi connectivity index (χ2v) is 25.9. The fraction of sp³-hybridized carbons (Fsp3) is 0.778. The first-order valence-corrected chi connectivity index (χ1v) is 24.9. The second kappa shape index (κ2) is 16.2. The van der Waals surface area contributed by atoms with Crippen LogP contribution < -0.4 is 0 Å². The molecule has 2 bridgehead atoms. The van der Waals surface area contributed by atoms with Crippen LogP contribution in [0.5, 0.6) is 0 Å². The van der Waals surface area contributed by atoms with Crippen LogP contribution in [0.3, 0.4) is 0 Å². The molecule has 1 aromatic rings. The van der Waals surface area contributed by atoms with Crippen molar-refractivity contribution in [1.82, 2.24) is 0 Å². The molecule has 0 amide bonds. The van der Waals surface area contributed by atoms with Crippen LogP contribution >= 0.6 is 0 Å². The summed E-state index contributed by atoms with van der Waals surface area (Å²) >= 11 is 0. The van der Waals surface area contributed by atoms with Gasteiger partial charge in [0.1, 0.15) is 0 Å². The number of ether oxygens (including phenoxy) is 3. The van der Waals surface area contributed by atoms with Gasteiger partial charge in [0.05, 0.1) is 42.7 Å². The molecule has 4 fully saturated rings. The Morgan fingerprint density at radius 3 is 1.78 bits per heavy atom. The quantitative estimate of drug-likeness (QED) is 0.0814. The first-order valence-electron chi connectivity index (χ1n) is 18.2. The lowest BCUT2D eigenvalue weighted by Gasteiger charge is -2.50. The number of hydrogen-bond acceptors (Lipinski definition) is 7. The third-order valence-electron chi connectivity index (χ3n) is 11.5. The highest BCUT2D eigenvalue weighted by Crippen LogP contribution is 2.45. The predicted octanol–water partition coefficient (Wildman–Crippen LogP) is 8.73. The lowest BCUT2D eigenvalue weighted by atomic mass is 9.91. The van der Waals surface area contributed by atoms with Crippen LogP contribution in [0.1, 0.15) is 80.6 Å². The van der Waals surface area contributed by atoms with Crippen LogP contribution in [0.25, 0.3) is 0 Å². The molecule has 3 heterocycles. The minimum atomic E-state index is -3.51. The maximum absolute atomic E-state index is 13.9. The van der Waals surface area contributed by atoms with Gasteiger partial charge in [0, 0.05) is 17.8 Å². The van der Waals surface area contributed by atoms with E-state index in [1.807, 2.05) is 18.2 Å². The van der Waals surface area contributed by atoms with E-state index in [9.17, 15) is 8.42 Å². The molecule has 0 radical (unpaired) electrons. The molecule has 3 aliphatic heterocycles. The lowest BCUT2D eigenvalue weighted by molar-refractivity contribution is -0.467. The van der Waals surface area contributed by atoms with Crippen molar-refractivity contribution in [3.63, 3.8) is 0 Å². The summed E-state index contributed by atoms with van der Waals surface area (Å²) in [4.78, 5) is 0.397. The van der Waals surface area contributed by atoms with Gasteiger partial charge in [-0.2, -0.15) is 0 Å². The van der Waals surface area contributed by atoms with E-state index in [1.165, 1.54) is 0 Å². The van der Waals surface area contributed by atoms with Gasteiger partial charge in [-0.05, 0) is 80.0 Å². The SMILES string of the molecule is CC[Si](CC)(CC)O[C@H]1C[C@@H](O[Si](CC)(CC)CC)[C@H](CS(=O)(=O)c2ccccc2)[C@H]1CC=CCCCC12OCC(C)(CO1)CO2. The summed E-state index contributed by atoms with van der Waals surface area (Å²) in [5, 5.41) is 0. The molecule has 0 spiro atoms. The van der Waals surface area contributed by atoms with Gasteiger partial charge in [0.2, 0.25) is 0 Å². The van der Waals surface area contributed by atoms with Crippen molar-refractivity contribution in [1.29, 1.82) is 0 Å². The van der Waals surface area contributed by atoms with Gasteiger partial charge in [-0.15, -0.1) is 0 Å². The van der Waals surface area contributed by atoms with E-state index in [-0.39, 0.29) is 35.2 Å². The summed E-state index contributed by atoms with van der Waals surface area (Å²) in [5.41, 5.74) is -0.0328. The van der Waals surface area contributed by atoms with E-state index >= 15 is 0 Å². The zero-order chi connectivity index (χ0) is 33.5. The van der Waals surface area contributed by atoms with E-state index in [2.05, 4.69) is 60.6 Å². The van der Waals surface area contributed by atoms with E-state index in [0.29, 0.717) is 31.1 Å². The standard InChI is InChI=1S/C36H62O7SSi2/c1-8-45(9-2,10-3)42-33-25-34(43-46(11-4,12-5)13-6)32(26-44(37,38)30-21-17-16-18-22-30)31(33)23-19-14-15-20-24-36-39-27-35(7,28-40-36)29-41-36/h14,16-19,21-22,31-34H,8-13,15,20,23-29H2,1-7H3/t31-,32-,33+,34-,35?,36?/m1/s1. The molecular formula is C36H62O7SSi2. The van der Waals surface area contributed by atoms with Gasteiger partial charge in [-0.1, -0.05) is 78.8 Å². The highest BCUT2D eigenvalue weighted by Gasteiger charge is 2.51. The topological polar surface area (TPSA) is 80.3 Å². The molecule has 0 aromatic heterocycles.